The third-order valence-electron chi connectivity index (χ3n) is 5.11. The molecule has 1 aliphatic rings. The summed E-state index contributed by atoms with van der Waals surface area (Å²) in [5.41, 5.74) is 2.11. The summed E-state index contributed by atoms with van der Waals surface area (Å²) < 4.78 is 1.67. The van der Waals surface area contributed by atoms with Crippen molar-refractivity contribution >= 4 is 23.7 Å². The first-order chi connectivity index (χ1) is 14.8. The molecule has 2 heterocycles. The first kappa shape index (κ1) is 20.3. The number of benzene rings is 2. The molecule has 0 spiro atoms. The summed E-state index contributed by atoms with van der Waals surface area (Å²) in [4.78, 5) is 16.1. The second-order valence-electron chi connectivity index (χ2n) is 7.15. The molecule has 1 aromatic heterocycles. The number of amides is 1. The molecule has 0 atom stereocenters. The van der Waals surface area contributed by atoms with Crippen molar-refractivity contribution in [2.24, 2.45) is 0 Å². The van der Waals surface area contributed by atoms with Gasteiger partial charge in [-0.05, 0) is 34.2 Å². The number of hydrogen-bond donors (Lipinski definition) is 1. The van der Waals surface area contributed by atoms with E-state index in [1.807, 2.05) is 53.4 Å². The normalized spacial score (nSPS) is 15.0. The van der Waals surface area contributed by atoms with Gasteiger partial charge < -0.3 is 9.80 Å². The Morgan fingerprint density at radius 3 is 2.47 bits per heavy atom. The van der Waals surface area contributed by atoms with Crippen LogP contribution in [0.4, 0.5) is 0 Å². The summed E-state index contributed by atoms with van der Waals surface area (Å²) in [6, 6.07) is 20.0. The number of thioether (sulfide) groups is 1. The third-order valence-corrected chi connectivity index (χ3v) is 6.01. The molecule has 1 aliphatic heterocycles. The van der Waals surface area contributed by atoms with Crippen LogP contribution in [0.1, 0.15) is 5.56 Å². The topological polar surface area (TPSA) is 68.4 Å². The van der Waals surface area contributed by atoms with Gasteiger partial charge in [0.1, 0.15) is 0 Å². The minimum atomic E-state index is 0.140. The van der Waals surface area contributed by atoms with E-state index in [0.29, 0.717) is 10.9 Å². The van der Waals surface area contributed by atoms with Crippen LogP contribution >= 0.6 is 11.8 Å². The summed E-state index contributed by atoms with van der Waals surface area (Å²) in [6.07, 6.45) is 4.39. The lowest BCUT2D eigenvalue weighted by atomic mass is 10.2. The van der Waals surface area contributed by atoms with E-state index < -0.39 is 0 Å². The van der Waals surface area contributed by atoms with Gasteiger partial charge in [0, 0.05) is 0 Å². The molecule has 0 radical (unpaired) electrons. The monoisotopic (exact) mass is 421 g/mol. The number of quaternary nitrogens is 1. The van der Waals surface area contributed by atoms with Gasteiger partial charge in [0.05, 0.1) is 44.2 Å². The van der Waals surface area contributed by atoms with Crippen LogP contribution in [0.15, 0.2) is 71.9 Å². The largest absolute Gasteiger partial charge is 0.331 e. The molecule has 1 fully saturated rings. The molecule has 7 nitrogen and oxygen atoms in total. The van der Waals surface area contributed by atoms with Gasteiger partial charge in [0.2, 0.25) is 11.1 Å². The maximum atomic E-state index is 12.7. The second kappa shape index (κ2) is 10.2. The molecule has 0 aliphatic carbocycles. The van der Waals surface area contributed by atoms with Gasteiger partial charge in [-0.1, -0.05) is 66.4 Å². The fraction of sp³-hybridized carbons (Fsp3) is 0.273. The molecule has 1 amide bonds. The lowest BCUT2D eigenvalue weighted by Gasteiger charge is -2.31. The summed E-state index contributed by atoms with van der Waals surface area (Å²) >= 11 is 1.38. The van der Waals surface area contributed by atoms with Crippen molar-refractivity contribution in [2.45, 2.75) is 5.16 Å². The van der Waals surface area contributed by atoms with E-state index in [1.54, 1.807) is 4.68 Å². The maximum absolute atomic E-state index is 12.7. The number of rotatable bonds is 7. The predicted molar refractivity (Wildman–Crippen MR) is 117 cm³/mol. The lowest BCUT2D eigenvalue weighted by molar-refractivity contribution is -0.898. The Bertz CT molecular complexity index is 968. The Kier molecular flexibility index (Phi) is 6.89. The highest BCUT2D eigenvalue weighted by molar-refractivity contribution is 7.99. The predicted octanol–water partition coefficient (Wildman–Crippen LogP) is 1.19. The van der Waals surface area contributed by atoms with Crippen molar-refractivity contribution < 1.29 is 9.69 Å². The average molecular weight is 422 g/mol. The first-order valence-electron chi connectivity index (χ1n) is 10.1. The molecule has 0 unspecified atom stereocenters. The Morgan fingerprint density at radius 2 is 1.73 bits per heavy atom. The number of carbonyl (C=O) groups is 1. The molecule has 2 aromatic carbocycles. The number of tetrazole rings is 1. The zero-order chi connectivity index (χ0) is 20.6. The van der Waals surface area contributed by atoms with Gasteiger partial charge in [-0.15, -0.1) is 5.10 Å². The third kappa shape index (κ3) is 5.34. The average Bonchev–Trinajstić information content (AvgIpc) is 3.28. The number of nitrogens with zero attached hydrogens (tertiary/aromatic N) is 5. The first-order valence-corrected chi connectivity index (χ1v) is 11.1. The van der Waals surface area contributed by atoms with Crippen molar-refractivity contribution in [3.8, 4) is 5.69 Å². The molecule has 0 bridgehead atoms. The zero-order valence-electron chi connectivity index (χ0n) is 16.7. The van der Waals surface area contributed by atoms with Gasteiger partial charge in [-0.2, -0.15) is 4.68 Å². The van der Waals surface area contributed by atoms with E-state index in [-0.39, 0.29) is 5.91 Å². The summed E-state index contributed by atoms with van der Waals surface area (Å²) in [6.45, 7) is 4.50. The molecule has 4 rings (SSSR count). The number of hydrogen-bond acceptors (Lipinski definition) is 5. The highest BCUT2D eigenvalue weighted by atomic mass is 32.2. The smallest absolute Gasteiger partial charge is 0.233 e. The van der Waals surface area contributed by atoms with Crippen molar-refractivity contribution in [3.05, 3.63) is 72.3 Å². The fourth-order valence-corrected chi connectivity index (χ4v) is 4.21. The van der Waals surface area contributed by atoms with Crippen LogP contribution in [0.2, 0.25) is 0 Å². The Morgan fingerprint density at radius 1 is 1.03 bits per heavy atom. The van der Waals surface area contributed by atoms with E-state index >= 15 is 0 Å². The number of carbonyl (C=O) groups excluding carboxylic acids is 1. The molecular formula is C22H25N6OS+. The number of para-hydroxylation sites is 1. The van der Waals surface area contributed by atoms with Crippen LogP contribution in [0, 0.1) is 0 Å². The summed E-state index contributed by atoms with van der Waals surface area (Å²) in [7, 11) is 0. The van der Waals surface area contributed by atoms with Gasteiger partial charge in [0.25, 0.3) is 0 Å². The quantitative estimate of drug-likeness (QED) is 0.581. The van der Waals surface area contributed by atoms with Crippen molar-refractivity contribution in [2.75, 3.05) is 38.5 Å². The summed E-state index contributed by atoms with van der Waals surface area (Å²) in [5.74, 6) is 0.484. The Balaban J connectivity index is 1.23. The molecular weight excluding hydrogens is 396 g/mol. The molecule has 1 saturated heterocycles. The van der Waals surface area contributed by atoms with E-state index in [4.69, 9.17) is 0 Å². The second-order valence-corrected chi connectivity index (χ2v) is 8.09. The van der Waals surface area contributed by atoms with Crippen LogP contribution in [-0.4, -0.2) is 69.5 Å². The van der Waals surface area contributed by atoms with Crippen LogP contribution in [0.5, 0.6) is 0 Å². The molecule has 0 saturated carbocycles. The van der Waals surface area contributed by atoms with Crippen LogP contribution in [0.3, 0.4) is 0 Å². The van der Waals surface area contributed by atoms with E-state index in [2.05, 4.69) is 39.8 Å². The Hall–Kier alpha value is -2.97. The van der Waals surface area contributed by atoms with Gasteiger partial charge in [-0.3, -0.25) is 4.79 Å². The van der Waals surface area contributed by atoms with E-state index in [0.717, 1.165) is 38.4 Å². The number of piperazine rings is 1. The van der Waals surface area contributed by atoms with Crippen LogP contribution < -0.4 is 4.90 Å². The molecule has 154 valence electrons. The molecule has 3 aromatic rings. The molecule has 1 N–H and O–H groups in total. The highest BCUT2D eigenvalue weighted by Crippen LogP contribution is 2.18. The molecule has 8 heteroatoms. The van der Waals surface area contributed by atoms with Crippen molar-refractivity contribution in [1.82, 2.24) is 25.1 Å². The zero-order valence-corrected chi connectivity index (χ0v) is 17.5. The summed E-state index contributed by atoms with van der Waals surface area (Å²) in [5, 5.41) is 12.5. The van der Waals surface area contributed by atoms with Gasteiger partial charge in [0.15, 0.2) is 0 Å². The number of aromatic nitrogens is 4. The van der Waals surface area contributed by atoms with Gasteiger partial charge >= 0.3 is 0 Å². The minimum Gasteiger partial charge on any atom is -0.331 e. The standard InChI is InChI=1S/C22H24N6OS/c29-21(18-30-22-23-24-25-28(22)20-11-5-2-6-12-20)27-16-14-26(15-17-27)13-7-10-19-8-3-1-4-9-19/h1-12H,13-18H2/p+1/b10-7+. The maximum Gasteiger partial charge on any atom is 0.233 e. The Labute approximate surface area is 180 Å². The van der Waals surface area contributed by atoms with Crippen molar-refractivity contribution in [3.63, 3.8) is 0 Å². The minimum absolute atomic E-state index is 0.140. The number of nitrogens with one attached hydrogen (secondary N) is 1. The van der Waals surface area contributed by atoms with Gasteiger partial charge in [-0.25, -0.2) is 0 Å². The fourth-order valence-electron chi connectivity index (χ4n) is 3.42. The van der Waals surface area contributed by atoms with Crippen LogP contribution in [0.25, 0.3) is 11.8 Å². The highest BCUT2D eigenvalue weighted by Gasteiger charge is 2.23. The van der Waals surface area contributed by atoms with Crippen molar-refractivity contribution in [1.29, 1.82) is 0 Å². The lowest BCUT2D eigenvalue weighted by Crippen LogP contribution is -3.14. The SMILES string of the molecule is O=C(CSc1nnnn1-c1ccccc1)N1CC[NH+](C/C=C/c2ccccc2)CC1. The molecule has 30 heavy (non-hydrogen) atoms. The van der Waals surface area contributed by atoms with E-state index in [9.17, 15) is 4.79 Å². The van der Waals surface area contributed by atoms with E-state index in [1.165, 1.54) is 22.2 Å². The van der Waals surface area contributed by atoms with Crippen LogP contribution in [-0.2, 0) is 4.79 Å².